The molecular weight excluding hydrogens is 754 g/mol. The number of aromatic nitrogens is 1. The molecule has 7 nitrogen and oxygen atoms in total. The van der Waals surface area contributed by atoms with Crippen LogP contribution in [-0.2, 0) is 22.6 Å². The predicted octanol–water partition coefficient (Wildman–Crippen LogP) is 9.24. The first-order chi connectivity index (χ1) is 25.4. The van der Waals surface area contributed by atoms with E-state index in [1.807, 2.05) is 4.90 Å². The number of carbonyl (C=O) groups excluding carboxylic acids is 1. The number of hydrogen-bond acceptors (Lipinski definition) is 6. The number of fused-ring (bicyclic) bond motifs is 1. The van der Waals surface area contributed by atoms with Gasteiger partial charge in [0.1, 0.15) is 0 Å². The second kappa shape index (κ2) is 15.8. The van der Waals surface area contributed by atoms with Gasteiger partial charge < -0.3 is 10.2 Å². The summed E-state index contributed by atoms with van der Waals surface area (Å²) in [4.78, 5) is 23.4. The smallest absolute Gasteiger partial charge is 0.337 e. The topological polar surface area (TPSA) is 82.6 Å². The van der Waals surface area contributed by atoms with Gasteiger partial charge in [-0.1, -0.05) is 60.5 Å². The Labute approximate surface area is 315 Å². The first-order valence-corrected chi connectivity index (χ1v) is 19.8. The van der Waals surface area contributed by atoms with Crippen molar-refractivity contribution in [2.45, 2.75) is 87.1 Å². The molecule has 3 heterocycles. The lowest BCUT2D eigenvalue weighted by Crippen LogP contribution is -2.46. The third-order valence-corrected chi connectivity index (χ3v) is 13.0. The molecule has 1 aromatic heterocycles. The highest BCUT2D eigenvalue weighted by Gasteiger charge is 2.43. The monoisotopic (exact) mass is 794 g/mol. The van der Waals surface area contributed by atoms with Gasteiger partial charge in [-0.05, 0) is 95.5 Å². The van der Waals surface area contributed by atoms with Crippen molar-refractivity contribution in [3.63, 3.8) is 0 Å². The molecule has 6 rings (SSSR count). The van der Waals surface area contributed by atoms with Crippen LogP contribution in [0.1, 0.15) is 79.0 Å². The van der Waals surface area contributed by atoms with E-state index in [9.17, 15) is 39.6 Å². The Balaban J connectivity index is 1.57. The number of carbonyl (C=O) groups is 1. The zero-order valence-corrected chi connectivity index (χ0v) is 31.3. The first kappa shape index (κ1) is 40.0. The maximum Gasteiger partial charge on any atom is 0.416 e. The number of benzene rings is 3. The van der Waals surface area contributed by atoms with E-state index in [0.29, 0.717) is 19.1 Å². The fraction of sp³-hybridized carbons (Fsp3) is 0.436. The summed E-state index contributed by atoms with van der Waals surface area (Å²) >= 11 is 6.52. The molecule has 54 heavy (non-hydrogen) atoms. The number of sulfone groups is 1. The van der Waals surface area contributed by atoms with Crippen LogP contribution in [0.25, 0.3) is 22.2 Å². The summed E-state index contributed by atoms with van der Waals surface area (Å²) in [5, 5.41) is 0.839. The summed E-state index contributed by atoms with van der Waals surface area (Å²) < 4.78 is 113. The van der Waals surface area contributed by atoms with Crippen LogP contribution >= 0.6 is 11.6 Å². The number of hydrogen-bond donors (Lipinski definition) is 1. The van der Waals surface area contributed by atoms with Gasteiger partial charge in [-0.3, -0.25) is 9.69 Å². The summed E-state index contributed by atoms with van der Waals surface area (Å²) in [6.45, 7) is 5.90. The van der Waals surface area contributed by atoms with Crippen molar-refractivity contribution >= 4 is 38.2 Å². The van der Waals surface area contributed by atoms with E-state index >= 15 is 0 Å². The van der Waals surface area contributed by atoms with Gasteiger partial charge in [-0.15, -0.1) is 0 Å². The summed E-state index contributed by atoms with van der Waals surface area (Å²) in [7, 11) is -4.08. The summed E-state index contributed by atoms with van der Waals surface area (Å²) in [5.74, 6) is -1.20. The zero-order chi connectivity index (χ0) is 39.0. The molecule has 2 aliphatic rings. The Bertz CT molecular complexity index is 2100. The van der Waals surface area contributed by atoms with E-state index in [1.165, 1.54) is 68.8 Å². The summed E-state index contributed by atoms with van der Waals surface area (Å²) in [5.41, 5.74) is -1.65. The quantitative estimate of drug-likeness (QED) is 0.170. The Morgan fingerprint density at radius 3 is 2.19 bits per heavy atom. The molecule has 1 unspecified atom stereocenters. The Hall–Kier alpha value is -3.72. The number of alkyl halides is 6. The van der Waals surface area contributed by atoms with E-state index < -0.39 is 45.0 Å². The second-order valence-corrected chi connectivity index (χ2v) is 17.1. The van der Waals surface area contributed by atoms with Crippen LogP contribution < -0.4 is 5.32 Å². The van der Waals surface area contributed by atoms with Crippen molar-refractivity contribution < 1.29 is 39.6 Å². The highest BCUT2D eigenvalue weighted by Crippen LogP contribution is 2.40. The number of halogens is 7. The molecule has 1 amide bonds. The van der Waals surface area contributed by atoms with E-state index in [-0.39, 0.29) is 55.3 Å². The molecule has 2 fully saturated rings. The average molecular weight is 795 g/mol. The fourth-order valence-electron chi connectivity index (χ4n) is 7.42. The number of amides is 1. The molecule has 0 bridgehead atoms. The third-order valence-electron chi connectivity index (χ3n) is 10.3. The van der Waals surface area contributed by atoms with Crippen LogP contribution in [0.15, 0.2) is 71.6 Å². The second-order valence-electron chi connectivity index (χ2n) is 14.2. The molecule has 0 aliphatic carbocycles. The van der Waals surface area contributed by atoms with Gasteiger partial charge in [0.15, 0.2) is 15.9 Å². The highest BCUT2D eigenvalue weighted by atomic mass is 35.5. The molecule has 3 aromatic carbocycles. The summed E-state index contributed by atoms with van der Waals surface area (Å²) in [6, 6.07) is 11.3. The maximum absolute atomic E-state index is 14.7. The molecule has 15 heteroatoms. The molecule has 0 radical (unpaired) electrons. The number of likely N-dealkylation sites (tertiary alicyclic amines) is 2. The fourth-order valence-corrected chi connectivity index (χ4v) is 9.03. The lowest BCUT2D eigenvalue weighted by molar-refractivity contribution is -0.155. The van der Waals surface area contributed by atoms with Crippen molar-refractivity contribution in [1.82, 2.24) is 20.1 Å². The SMILES string of the molecule is CC(C)S(=O)(=O)c1cc2c(C(=O)NC(c3ccccc3)C(F)(F)F)c(CN3CCC(N4CCCCC4)CC3)c(-c3cccc(C(F)(F)F)c3)nc2cc1Cl. The lowest BCUT2D eigenvalue weighted by atomic mass is 9.93. The molecule has 0 spiro atoms. The van der Waals surface area contributed by atoms with Crippen LogP contribution in [0, 0.1) is 0 Å². The number of piperidine rings is 2. The zero-order valence-electron chi connectivity index (χ0n) is 29.8. The first-order valence-electron chi connectivity index (χ1n) is 17.9. The van der Waals surface area contributed by atoms with Gasteiger partial charge in [0.2, 0.25) is 0 Å². The van der Waals surface area contributed by atoms with Crippen molar-refractivity contribution in [2.24, 2.45) is 0 Å². The number of rotatable bonds is 9. The van der Waals surface area contributed by atoms with E-state index in [0.717, 1.165) is 57.0 Å². The predicted molar refractivity (Wildman–Crippen MR) is 196 cm³/mol. The van der Waals surface area contributed by atoms with Crippen molar-refractivity contribution in [1.29, 1.82) is 0 Å². The Morgan fingerprint density at radius 2 is 1.57 bits per heavy atom. The molecule has 1 N–H and O–H groups in total. The van der Waals surface area contributed by atoms with Crippen LogP contribution in [-0.4, -0.2) is 72.8 Å². The number of pyridine rings is 1. The molecule has 2 aliphatic heterocycles. The minimum atomic E-state index is -4.95. The van der Waals surface area contributed by atoms with Crippen LogP contribution in [0.3, 0.4) is 0 Å². The van der Waals surface area contributed by atoms with Crippen LogP contribution in [0.5, 0.6) is 0 Å². The van der Waals surface area contributed by atoms with Gasteiger partial charge in [-0.25, -0.2) is 13.4 Å². The van der Waals surface area contributed by atoms with Gasteiger partial charge >= 0.3 is 12.4 Å². The third kappa shape index (κ3) is 8.56. The van der Waals surface area contributed by atoms with Crippen molar-refractivity contribution in [2.75, 3.05) is 26.2 Å². The van der Waals surface area contributed by atoms with Crippen LogP contribution in [0.2, 0.25) is 5.02 Å². The largest absolute Gasteiger partial charge is 0.416 e. The minimum Gasteiger partial charge on any atom is -0.337 e. The van der Waals surface area contributed by atoms with Gasteiger partial charge in [0.25, 0.3) is 5.91 Å². The highest BCUT2D eigenvalue weighted by molar-refractivity contribution is 7.92. The molecule has 4 aromatic rings. The normalized spacial score (nSPS) is 17.6. The van der Waals surface area contributed by atoms with Crippen molar-refractivity contribution in [3.05, 3.63) is 94.0 Å². The molecular formula is C39H41ClF6N4O3S. The standard InChI is InChI=1S/C39H41ClF6N4O3S/c1-24(2)54(52,53)33-21-29-32(22-31(33)40)47-35(26-12-9-13-27(20-26)38(41,42)43)30(23-49-18-14-28(15-19-49)50-16-7-4-8-17-50)34(29)37(51)48-36(39(44,45)46)25-10-5-3-6-11-25/h3,5-6,9-13,20-22,24,28,36H,4,7-8,14-19,23H2,1-2H3,(H,48,51). The van der Waals surface area contributed by atoms with E-state index in [2.05, 4.69) is 10.2 Å². The number of nitrogens with one attached hydrogen (secondary N) is 1. The Morgan fingerprint density at radius 1 is 0.907 bits per heavy atom. The van der Waals surface area contributed by atoms with Crippen LogP contribution in [0.4, 0.5) is 26.3 Å². The lowest BCUT2D eigenvalue weighted by Gasteiger charge is -2.40. The van der Waals surface area contributed by atoms with Gasteiger partial charge in [-0.2, -0.15) is 26.3 Å². The van der Waals surface area contributed by atoms with Gasteiger partial charge in [0, 0.05) is 29.1 Å². The molecule has 2 saturated heterocycles. The summed E-state index contributed by atoms with van der Waals surface area (Å²) in [6.07, 6.45) is -4.73. The van der Waals surface area contributed by atoms with Crippen molar-refractivity contribution in [3.8, 4) is 11.3 Å². The molecule has 0 saturated carbocycles. The van der Waals surface area contributed by atoms with Gasteiger partial charge in [0.05, 0.1) is 37.5 Å². The number of nitrogens with zero attached hydrogens (tertiary/aromatic N) is 3. The van der Waals surface area contributed by atoms with E-state index in [1.54, 1.807) is 0 Å². The maximum atomic E-state index is 14.7. The average Bonchev–Trinajstić information content (AvgIpc) is 3.13. The Kier molecular flexibility index (Phi) is 11.7. The molecule has 290 valence electrons. The van der Waals surface area contributed by atoms with E-state index in [4.69, 9.17) is 16.6 Å². The molecule has 1 atom stereocenters. The minimum absolute atomic E-state index is 0.0237.